The molecule has 17 heavy (non-hydrogen) atoms. The molecular weight excluding hydrogens is 226 g/mol. The van der Waals surface area contributed by atoms with Gasteiger partial charge >= 0.3 is 11.9 Å². The summed E-state index contributed by atoms with van der Waals surface area (Å²) >= 11 is 0. The lowest BCUT2D eigenvalue weighted by atomic mass is 10.5. The maximum absolute atomic E-state index is 11.2. The van der Waals surface area contributed by atoms with Gasteiger partial charge in [-0.3, -0.25) is 0 Å². The van der Waals surface area contributed by atoms with Gasteiger partial charge in [0.15, 0.2) is 5.69 Å². The Bertz CT molecular complexity index is 425. The van der Waals surface area contributed by atoms with Crippen LogP contribution in [0, 0.1) is 0 Å². The Balaban J connectivity index is 2.62. The largest absolute Gasteiger partial charge is 0.463 e. The van der Waals surface area contributed by atoms with Crippen LogP contribution in [-0.4, -0.2) is 40.1 Å². The Kier molecular flexibility index (Phi) is 4.86. The Labute approximate surface area is 98.0 Å². The summed E-state index contributed by atoms with van der Waals surface area (Å²) in [5, 5.41) is 7.56. The van der Waals surface area contributed by atoms with Gasteiger partial charge < -0.3 is 9.47 Å². The highest BCUT2D eigenvalue weighted by Gasteiger charge is 2.10. The van der Waals surface area contributed by atoms with E-state index in [-0.39, 0.29) is 12.3 Å². The van der Waals surface area contributed by atoms with Crippen LogP contribution >= 0.6 is 0 Å². The van der Waals surface area contributed by atoms with Crippen molar-refractivity contribution in [3.8, 4) is 0 Å². The van der Waals surface area contributed by atoms with E-state index in [2.05, 4.69) is 14.9 Å². The van der Waals surface area contributed by atoms with Crippen molar-refractivity contribution in [2.75, 3.05) is 13.2 Å². The van der Waals surface area contributed by atoms with Crippen LogP contribution < -0.4 is 0 Å². The molecule has 1 heterocycles. The van der Waals surface area contributed by atoms with Crippen molar-refractivity contribution in [3.63, 3.8) is 0 Å². The minimum Gasteiger partial charge on any atom is -0.463 e. The molecule has 0 aliphatic rings. The number of esters is 2. The molecule has 0 radical (unpaired) electrons. The molecule has 0 amide bonds. The third kappa shape index (κ3) is 4.06. The molecule has 7 nitrogen and oxygen atoms in total. The molecule has 0 aliphatic heterocycles. The number of hydrogen-bond donors (Lipinski definition) is 0. The first-order valence-corrected chi connectivity index (χ1v) is 5.11. The van der Waals surface area contributed by atoms with E-state index >= 15 is 0 Å². The van der Waals surface area contributed by atoms with Gasteiger partial charge in [0.2, 0.25) is 0 Å². The van der Waals surface area contributed by atoms with Gasteiger partial charge in [0, 0.05) is 6.08 Å². The SMILES string of the molecule is CCOC(=O)/C=C/n1ncc(C(=O)OCC)n1. The Morgan fingerprint density at radius 2 is 2.06 bits per heavy atom. The lowest BCUT2D eigenvalue weighted by Gasteiger charge is -1.95. The third-order valence-corrected chi connectivity index (χ3v) is 1.62. The summed E-state index contributed by atoms with van der Waals surface area (Å²) in [5.41, 5.74) is 0.0837. The zero-order chi connectivity index (χ0) is 12.7. The van der Waals surface area contributed by atoms with Crippen molar-refractivity contribution in [1.29, 1.82) is 0 Å². The van der Waals surface area contributed by atoms with Gasteiger partial charge in [-0.15, -0.1) is 5.10 Å². The summed E-state index contributed by atoms with van der Waals surface area (Å²) in [6.45, 7) is 3.97. The molecule has 0 aromatic carbocycles. The van der Waals surface area contributed by atoms with Gasteiger partial charge in [-0.1, -0.05) is 0 Å². The number of aromatic nitrogens is 3. The van der Waals surface area contributed by atoms with E-state index in [9.17, 15) is 9.59 Å². The van der Waals surface area contributed by atoms with E-state index in [1.165, 1.54) is 18.5 Å². The molecule has 0 atom stereocenters. The monoisotopic (exact) mass is 239 g/mol. The average molecular weight is 239 g/mol. The third-order valence-electron chi connectivity index (χ3n) is 1.62. The van der Waals surface area contributed by atoms with Crippen molar-refractivity contribution in [3.05, 3.63) is 18.0 Å². The van der Waals surface area contributed by atoms with Crippen LogP contribution in [0.5, 0.6) is 0 Å². The number of carbonyl (C=O) groups is 2. The van der Waals surface area contributed by atoms with E-state index in [4.69, 9.17) is 4.74 Å². The van der Waals surface area contributed by atoms with Gasteiger partial charge in [0.25, 0.3) is 0 Å². The highest BCUT2D eigenvalue weighted by Crippen LogP contribution is 1.96. The highest BCUT2D eigenvalue weighted by molar-refractivity contribution is 5.87. The van der Waals surface area contributed by atoms with Crippen molar-refractivity contribution < 1.29 is 19.1 Å². The van der Waals surface area contributed by atoms with Crippen molar-refractivity contribution in [1.82, 2.24) is 15.0 Å². The summed E-state index contributed by atoms with van der Waals surface area (Å²) in [7, 11) is 0. The summed E-state index contributed by atoms with van der Waals surface area (Å²) in [6, 6.07) is 0. The fourth-order valence-corrected chi connectivity index (χ4v) is 0.964. The molecule has 0 saturated carbocycles. The van der Waals surface area contributed by atoms with Crippen LogP contribution in [0.4, 0.5) is 0 Å². The molecule has 1 rings (SSSR count). The molecule has 0 bridgehead atoms. The zero-order valence-electron chi connectivity index (χ0n) is 9.62. The van der Waals surface area contributed by atoms with Crippen LogP contribution in [-0.2, 0) is 14.3 Å². The quantitative estimate of drug-likeness (QED) is 0.549. The van der Waals surface area contributed by atoms with Gasteiger partial charge in [-0.25, -0.2) is 9.59 Å². The van der Waals surface area contributed by atoms with Crippen molar-refractivity contribution in [2.24, 2.45) is 0 Å². The summed E-state index contributed by atoms with van der Waals surface area (Å²) in [4.78, 5) is 23.3. The second-order valence-corrected chi connectivity index (χ2v) is 2.84. The number of carbonyl (C=O) groups excluding carboxylic acids is 2. The molecule has 1 aromatic rings. The van der Waals surface area contributed by atoms with Crippen LogP contribution in [0.1, 0.15) is 24.3 Å². The predicted molar refractivity (Wildman–Crippen MR) is 57.9 cm³/mol. The fraction of sp³-hybridized carbons (Fsp3) is 0.400. The van der Waals surface area contributed by atoms with E-state index in [1.54, 1.807) is 13.8 Å². The van der Waals surface area contributed by atoms with E-state index in [0.29, 0.717) is 6.61 Å². The minimum atomic E-state index is -0.553. The average Bonchev–Trinajstić information content (AvgIpc) is 2.76. The Hall–Kier alpha value is -2.18. The van der Waals surface area contributed by atoms with Crippen LogP contribution in [0.15, 0.2) is 12.3 Å². The molecule has 92 valence electrons. The molecule has 0 aliphatic carbocycles. The maximum atomic E-state index is 11.2. The summed E-state index contributed by atoms with van der Waals surface area (Å²) in [5.74, 6) is -1.05. The molecular formula is C10H13N3O4. The lowest BCUT2D eigenvalue weighted by Crippen LogP contribution is -2.06. The number of hydrogen-bond acceptors (Lipinski definition) is 6. The van der Waals surface area contributed by atoms with Crippen LogP contribution in [0.25, 0.3) is 6.20 Å². The molecule has 0 fully saturated rings. The highest BCUT2D eigenvalue weighted by atomic mass is 16.5. The summed E-state index contributed by atoms with van der Waals surface area (Å²) < 4.78 is 9.41. The van der Waals surface area contributed by atoms with Crippen molar-refractivity contribution in [2.45, 2.75) is 13.8 Å². The molecule has 0 N–H and O–H groups in total. The van der Waals surface area contributed by atoms with Crippen LogP contribution in [0.2, 0.25) is 0 Å². The second-order valence-electron chi connectivity index (χ2n) is 2.84. The van der Waals surface area contributed by atoms with Crippen molar-refractivity contribution >= 4 is 18.1 Å². The first-order valence-electron chi connectivity index (χ1n) is 5.11. The summed E-state index contributed by atoms with van der Waals surface area (Å²) in [6.07, 6.45) is 3.71. The Morgan fingerprint density at radius 1 is 1.35 bits per heavy atom. The standard InChI is InChI=1S/C10H13N3O4/c1-3-16-9(14)5-6-13-11-7-8(12-13)10(15)17-4-2/h5-7H,3-4H2,1-2H3/b6-5+. The molecule has 0 saturated heterocycles. The van der Waals surface area contributed by atoms with E-state index in [0.717, 1.165) is 4.80 Å². The Morgan fingerprint density at radius 3 is 2.71 bits per heavy atom. The lowest BCUT2D eigenvalue weighted by molar-refractivity contribution is -0.137. The number of nitrogens with zero attached hydrogens (tertiary/aromatic N) is 3. The fourth-order valence-electron chi connectivity index (χ4n) is 0.964. The maximum Gasteiger partial charge on any atom is 0.360 e. The van der Waals surface area contributed by atoms with E-state index in [1.807, 2.05) is 0 Å². The zero-order valence-corrected chi connectivity index (χ0v) is 9.62. The smallest absolute Gasteiger partial charge is 0.360 e. The van der Waals surface area contributed by atoms with Gasteiger partial charge in [0.05, 0.1) is 25.6 Å². The van der Waals surface area contributed by atoms with E-state index < -0.39 is 11.9 Å². The van der Waals surface area contributed by atoms with Gasteiger partial charge in [-0.2, -0.15) is 9.90 Å². The first-order chi connectivity index (χ1) is 8.17. The molecule has 1 aromatic heterocycles. The predicted octanol–water partition coefficient (Wildman–Crippen LogP) is 0.489. The minimum absolute atomic E-state index is 0.0837. The molecule has 0 spiro atoms. The first kappa shape index (κ1) is 12.9. The number of ether oxygens (including phenoxy) is 2. The normalized spacial score (nSPS) is 10.5. The topological polar surface area (TPSA) is 83.3 Å². The van der Waals surface area contributed by atoms with Gasteiger partial charge in [-0.05, 0) is 13.8 Å². The second kappa shape index (κ2) is 6.41. The molecule has 7 heteroatoms. The van der Waals surface area contributed by atoms with Gasteiger partial charge in [0.1, 0.15) is 0 Å². The molecule has 0 unspecified atom stereocenters. The number of rotatable bonds is 5. The van der Waals surface area contributed by atoms with Crippen LogP contribution in [0.3, 0.4) is 0 Å².